The van der Waals surface area contributed by atoms with Crippen LogP contribution >= 0.6 is 0 Å². The molecule has 33 heavy (non-hydrogen) atoms. The molecular formula is C23H23F4N5O. The van der Waals surface area contributed by atoms with E-state index in [0.717, 1.165) is 24.6 Å². The predicted molar refractivity (Wildman–Crippen MR) is 116 cm³/mol. The van der Waals surface area contributed by atoms with Crippen molar-refractivity contribution in [3.05, 3.63) is 53.1 Å². The summed E-state index contributed by atoms with van der Waals surface area (Å²) in [6.07, 6.45) is -0.861. The zero-order chi connectivity index (χ0) is 23.3. The van der Waals surface area contributed by atoms with E-state index in [0.29, 0.717) is 35.6 Å². The number of nitrogens with one attached hydrogen (secondary N) is 1. The van der Waals surface area contributed by atoms with E-state index in [4.69, 9.17) is 4.74 Å². The maximum atomic E-state index is 14.7. The number of fused-ring (bicyclic) bond motifs is 3. The molecule has 174 valence electrons. The van der Waals surface area contributed by atoms with Crippen molar-refractivity contribution in [2.45, 2.75) is 51.0 Å². The number of hydrogen-bond donors (Lipinski definition) is 1. The third kappa shape index (κ3) is 3.86. The standard InChI is InChI=1S/C23H23F4N5O/c1-12(17-4-3-5-19(20(17)24)23(25,26)27)29-22-18-8-16(9-28-21(18)13(2)30-31-22)32-14-6-7-15(32)11-33-10-14/h3-5,8-9,12,14-15H,6-7,10-11H2,1-2H3,(H,29,31). The van der Waals surface area contributed by atoms with Gasteiger partial charge in [0.15, 0.2) is 5.82 Å². The lowest BCUT2D eigenvalue weighted by atomic mass is 10.0. The Balaban J connectivity index is 1.52. The van der Waals surface area contributed by atoms with Crippen LogP contribution in [0.4, 0.5) is 29.1 Å². The summed E-state index contributed by atoms with van der Waals surface area (Å²) in [4.78, 5) is 6.93. The Morgan fingerprint density at radius 3 is 2.58 bits per heavy atom. The molecule has 2 aromatic heterocycles. The van der Waals surface area contributed by atoms with E-state index in [-0.39, 0.29) is 17.6 Å². The van der Waals surface area contributed by atoms with Crippen molar-refractivity contribution in [1.82, 2.24) is 15.2 Å². The molecule has 0 radical (unpaired) electrons. The molecule has 1 aromatic carbocycles. The molecule has 1 N–H and O–H groups in total. The number of aryl methyl sites for hydroxylation is 1. The van der Waals surface area contributed by atoms with E-state index < -0.39 is 23.6 Å². The second-order valence-corrected chi connectivity index (χ2v) is 8.63. The number of rotatable bonds is 4. The number of morpholine rings is 1. The number of nitrogens with zero attached hydrogens (tertiary/aromatic N) is 4. The fourth-order valence-corrected chi connectivity index (χ4v) is 4.83. The van der Waals surface area contributed by atoms with Crippen LogP contribution in [0.5, 0.6) is 0 Å². The van der Waals surface area contributed by atoms with Crippen molar-refractivity contribution in [3.63, 3.8) is 0 Å². The molecule has 2 aliphatic heterocycles. The molecule has 2 bridgehead atoms. The summed E-state index contributed by atoms with van der Waals surface area (Å²) in [6.45, 7) is 4.71. The van der Waals surface area contributed by atoms with E-state index in [1.807, 2.05) is 12.3 Å². The summed E-state index contributed by atoms with van der Waals surface area (Å²) in [6, 6.07) is 5.03. The average molecular weight is 461 g/mol. The number of anilines is 2. The minimum Gasteiger partial charge on any atom is -0.377 e. The molecule has 0 aliphatic carbocycles. The Labute approximate surface area is 188 Å². The molecule has 3 unspecified atom stereocenters. The van der Waals surface area contributed by atoms with Crippen LogP contribution in [0.3, 0.4) is 0 Å². The summed E-state index contributed by atoms with van der Waals surface area (Å²) >= 11 is 0. The quantitative estimate of drug-likeness (QED) is 0.550. The van der Waals surface area contributed by atoms with Crippen molar-refractivity contribution in [2.24, 2.45) is 0 Å². The van der Waals surface area contributed by atoms with Gasteiger partial charge in [0, 0.05) is 10.9 Å². The molecule has 3 atom stereocenters. The highest BCUT2D eigenvalue weighted by Gasteiger charge is 2.38. The SMILES string of the molecule is Cc1nnc(NC(C)c2cccc(C(F)(F)F)c2F)c2cc(N3C4CCC3COC4)cnc12. The van der Waals surface area contributed by atoms with E-state index in [9.17, 15) is 17.6 Å². The smallest absolute Gasteiger partial charge is 0.377 e. The summed E-state index contributed by atoms with van der Waals surface area (Å²) < 4.78 is 59.8. The lowest BCUT2D eigenvalue weighted by Gasteiger charge is -2.36. The molecule has 3 aromatic rings. The number of hydrogen-bond acceptors (Lipinski definition) is 6. The molecule has 2 aliphatic rings. The van der Waals surface area contributed by atoms with E-state index >= 15 is 0 Å². The molecule has 6 nitrogen and oxygen atoms in total. The molecule has 10 heteroatoms. The minimum atomic E-state index is -4.77. The lowest BCUT2D eigenvalue weighted by Crippen LogP contribution is -2.45. The molecule has 0 saturated carbocycles. The zero-order valence-corrected chi connectivity index (χ0v) is 18.2. The summed E-state index contributed by atoms with van der Waals surface area (Å²) in [5.74, 6) is -0.951. The van der Waals surface area contributed by atoms with E-state index in [2.05, 4.69) is 25.4 Å². The van der Waals surface area contributed by atoms with Crippen LogP contribution in [0.15, 0.2) is 30.5 Å². The fourth-order valence-electron chi connectivity index (χ4n) is 4.83. The first kappa shape index (κ1) is 21.8. The van der Waals surface area contributed by atoms with Crippen LogP contribution in [-0.4, -0.2) is 40.5 Å². The first-order chi connectivity index (χ1) is 15.7. The van der Waals surface area contributed by atoms with E-state index in [1.165, 1.54) is 12.1 Å². The summed E-state index contributed by atoms with van der Waals surface area (Å²) in [7, 11) is 0. The number of ether oxygens (including phenoxy) is 1. The first-order valence-electron chi connectivity index (χ1n) is 10.9. The van der Waals surface area contributed by atoms with Crippen molar-refractivity contribution in [3.8, 4) is 0 Å². The Morgan fingerprint density at radius 1 is 1.15 bits per heavy atom. The van der Waals surface area contributed by atoms with Crippen LogP contribution in [0.25, 0.3) is 10.9 Å². The normalized spacial score (nSPS) is 21.5. The van der Waals surface area contributed by atoms with Crippen LogP contribution < -0.4 is 10.2 Å². The van der Waals surface area contributed by atoms with Gasteiger partial charge in [-0.05, 0) is 38.8 Å². The van der Waals surface area contributed by atoms with Gasteiger partial charge in [-0.25, -0.2) is 4.39 Å². The Kier molecular flexibility index (Phi) is 5.35. The van der Waals surface area contributed by atoms with Gasteiger partial charge in [-0.1, -0.05) is 12.1 Å². The molecule has 2 fully saturated rings. The van der Waals surface area contributed by atoms with Gasteiger partial charge in [-0.3, -0.25) is 4.98 Å². The average Bonchev–Trinajstić information content (AvgIpc) is 3.03. The van der Waals surface area contributed by atoms with Gasteiger partial charge in [-0.2, -0.15) is 18.3 Å². The number of aromatic nitrogens is 3. The molecule has 0 amide bonds. The van der Waals surface area contributed by atoms with Crippen molar-refractivity contribution in [1.29, 1.82) is 0 Å². The highest BCUT2D eigenvalue weighted by atomic mass is 19.4. The molecule has 0 spiro atoms. The number of halogens is 4. The molecule has 5 rings (SSSR count). The maximum Gasteiger partial charge on any atom is 0.419 e. The van der Waals surface area contributed by atoms with Crippen molar-refractivity contribution >= 4 is 22.4 Å². The molecular weight excluding hydrogens is 438 g/mol. The fraction of sp³-hybridized carbons (Fsp3) is 0.435. The Hall–Kier alpha value is -3.01. The maximum absolute atomic E-state index is 14.7. The van der Waals surface area contributed by atoms with Crippen molar-refractivity contribution < 1.29 is 22.3 Å². The van der Waals surface area contributed by atoms with Crippen molar-refractivity contribution in [2.75, 3.05) is 23.4 Å². The van der Waals surface area contributed by atoms with Crippen LogP contribution in [-0.2, 0) is 10.9 Å². The lowest BCUT2D eigenvalue weighted by molar-refractivity contribution is -0.140. The second-order valence-electron chi connectivity index (χ2n) is 8.63. The van der Waals surface area contributed by atoms with Gasteiger partial charge in [0.05, 0.1) is 60.0 Å². The third-order valence-corrected chi connectivity index (χ3v) is 6.46. The highest BCUT2D eigenvalue weighted by molar-refractivity contribution is 5.92. The first-order valence-corrected chi connectivity index (χ1v) is 10.9. The van der Waals surface area contributed by atoms with Gasteiger partial charge in [0.1, 0.15) is 5.82 Å². The number of alkyl halides is 3. The number of pyridine rings is 1. The molecule has 2 saturated heterocycles. The zero-order valence-electron chi connectivity index (χ0n) is 18.2. The van der Waals surface area contributed by atoms with Crippen LogP contribution in [0, 0.1) is 12.7 Å². The van der Waals surface area contributed by atoms with Gasteiger partial charge in [0.2, 0.25) is 0 Å². The summed E-state index contributed by atoms with van der Waals surface area (Å²) in [5.41, 5.74) is 0.807. The van der Waals surface area contributed by atoms with Crippen LogP contribution in [0.2, 0.25) is 0 Å². The monoisotopic (exact) mass is 461 g/mol. The Morgan fingerprint density at radius 2 is 1.88 bits per heavy atom. The highest BCUT2D eigenvalue weighted by Crippen LogP contribution is 2.37. The third-order valence-electron chi connectivity index (χ3n) is 6.46. The number of benzene rings is 1. The Bertz CT molecular complexity index is 1190. The second kappa shape index (κ2) is 8.09. The topological polar surface area (TPSA) is 63.2 Å². The summed E-state index contributed by atoms with van der Waals surface area (Å²) in [5, 5.41) is 12.1. The van der Waals surface area contributed by atoms with E-state index in [1.54, 1.807) is 13.8 Å². The largest absolute Gasteiger partial charge is 0.419 e. The van der Waals surface area contributed by atoms with Gasteiger partial charge in [-0.15, -0.1) is 5.10 Å². The van der Waals surface area contributed by atoms with Gasteiger partial charge in [0.25, 0.3) is 0 Å². The van der Waals surface area contributed by atoms with Gasteiger partial charge < -0.3 is 15.0 Å². The minimum absolute atomic E-state index is 0.101. The molecule has 4 heterocycles. The predicted octanol–water partition coefficient (Wildman–Crippen LogP) is 5.03. The van der Waals surface area contributed by atoms with Gasteiger partial charge >= 0.3 is 6.18 Å². The van der Waals surface area contributed by atoms with Crippen LogP contribution in [0.1, 0.15) is 42.6 Å².